The molecule has 0 bridgehead atoms. The maximum atomic E-state index is 12.5. The normalized spacial score (nSPS) is 51.5. The molecule has 0 amide bonds. The lowest BCUT2D eigenvalue weighted by Gasteiger charge is -2.63. The van der Waals surface area contributed by atoms with Gasteiger partial charge in [-0.25, -0.2) is 0 Å². The van der Waals surface area contributed by atoms with E-state index < -0.39 is 11.0 Å². The van der Waals surface area contributed by atoms with Crippen LogP contribution >= 0.6 is 0 Å². The van der Waals surface area contributed by atoms with Crippen molar-refractivity contribution in [3.63, 3.8) is 0 Å². The zero-order valence-corrected chi connectivity index (χ0v) is 18.4. The number of fused-ring (bicyclic) bond motifs is 5. The SMILES string of the molecule is CCC(=O)O[C@@H]1C[C@@]2(C)[C@@H](CC[C@]2(O)C(C)=O)[C@@H]2CCC3C[C@H](O)CC[C@]3(C)[C@H]21. The van der Waals surface area contributed by atoms with Crippen LogP contribution < -0.4 is 0 Å². The molecule has 4 saturated carbocycles. The van der Waals surface area contributed by atoms with Gasteiger partial charge in [0.1, 0.15) is 11.7 Å². The number of rotatable bonds is 3. The standard InChI is InChI=1S/C24H38O5/c1-5-20(27)29-19-13-23(4)18(9-11-24(23,28)14(2)25)17-7-6-15-12-16(26)8-10-22(15,3)21(17)19/h15-19,21,26,28H,5-13H2,1-4H3/t15?,16-,17+,18+,19-,21-,22+,23+,24+/m1/s1. The third kappa shape index (κ3) is 2.94. The number of esters is 1. The first-order chi connectivity index (χ1) is 13.6. The number of hydrogen-bond acceptors (Lipinski definition) is 5. The van der Waals surface area contributed by atoms with Gasteiger partial charge in [0, 0.05) is 17.8 Å². The molecule has 4 aliphatic rings. The molecule has 0 aromatic rings. The van der Waals surface area contributed by atoms with Crippen molar-refractivity contribution in [1.29, 1.82) is 0 Å². The van der Waals surface area contributed by atoms with Gasteiger partial charge in [-0.3, -0.25) is 9.59 Å². The number of aliphatic hydroxyl groups is 2. The van der Waals surface area contributed by atoms with Crippen LogP contribution in [-0.4, -0.2) is 39.8 Å². The molecule has 5 nitrogen and oxygen atoms in total. The first kappa shape index (κ1) is 21.3. The summed E-state index contributed by atoms with van der Waals surface area (Å²) in [5, 5.41) is 21.7. The second-order valence-electron chi connectivity index (χ2n) is 11.0. The molecule has 29 heavy (non-hydrogen) atoms. The summed E-state index contributed by atoms with van der Waals surface area (Å²) < 4.78 is 6.07. The number of hydrogen-bond donors (Lipinski definition) is 2. The van der Waals surface area contributed by atoms with Crippen LogP contribution in [0.4, 0.5) is 0 Å². The Hall–Kier alpha value is -0.940. The summed E-state index contributed by atoms with van der Waals surface area (Å²) in [6.07, 6.45) is 6.52. The molecule has 4 fully saturated rings. The van der Waals surface area contributed by atoms with Gasteiger partial charge in [0.15, 0.2) is 5.78 Å². The fraction of sp³-hybridized carbons (Fsp3) is 0.917. The monoisotopic (exact) mass is 406 g/mol. The highest BCUT2D eigenvalue weighted by molar-refractivity contribution is 5.86. The number of ketones is 1. The van der Waals surface area contributed by atoms with Crippen LogP contribution in [0, 0.1) is 34.5 Å². The summed E-state index contributed by atoms with van der Waals surface area (Å²) in [6.45, 7) is 7.74. The molecule has 0 aromatic carbocycles. The van der Waals surface area contributed by atoms with E-state index in [4.69, 9.17) is 4.74 Å². The molecule has 0 radical (unpaired) electrons. The average molecular weight is 407 g/mol. The highest BCUT2D eigenvalue weighted by atomic mass is 16.5. The van der Waals surface area contributed by atoms with Crippen molar-refractivity contribution in [1.82, 2.24) is 0 Å². The zero-order valence-electron chi connectivity index (χ0n) is 18.4. The van der Waals surface area contributed by atoms with Crippen LogP contribution in [0.15, 0.2) is 0 Å². The van der Waals surface area contributed by atoms with E-state index in [-0.39, 0.29) is 41.2 Å². The molecule has 0 heterocycles. The first-order valence-electron chi connectivity index (χ1n) is 11.7. The topological polar surface area (TPSA) is 83.8 Å². The van der Waals surface area contributed by atoms with E-state index in [9.17, 15) is 19.8 Å². The van der Waals surface area contributed by atoms with Crippen LogP contribution in [0.5, 0.6) is 0 Å². The molecule has 1 unspecified atom stereocenters. The third-order valence-electron chi connectivity index (χ3n) is 9.85. The van der Waals surface area contributed by atoms with Crippen molar-refractivity contribution < 1.29 is 24.5 Å². The van der Waals surface area contributed by atoms with Gasteiger partial charge in [-0.2, -0.15) is 0 Å². The van der Waals surface area contributed by atoms with Crippen LogP contribution in [0.25, 0.3) is 0 Å². The molecule has 4 aliphatic carbocycles. The van der Waals surface area contributed by atoms with Crippen LogP contribution in [0.2, 0.25) is 0 Å². The average Bonchev–Trinajstić information content (AvgIpc) is 2.94. The summed E-state index contributed by atoms with van der Waals surface area (Å²) in [4.78, 5) is 24.9. The van der Waals surface area contributed by atoms with Gasteiger partial charge in [0.05, 0.1) is 6.10 Å². The number of ether oxygens (including phenoxy) is 1. The Balaban J connectivity index is 1.75. The molecule has 5 heteroatoms. The summed E-state index contributed by atoms with van der Waals surface area (Å²) in [7, 11) is 0. The maximum absolute atomic E-state index is 12.5. The number of aliphatic hydroxyl groups excluding tert-OH is 1. The predicted molar refractivity (Wildman–Crippen MR) is 109 cm³/mol. The Labute approximate surface area is 174 Å². The lowest BCUT2D eigenvalue weighted by molar-refractivity contribution is -0.213. The second-order valence-corrected chi connectivity index (χ2v) is 11.0. The highest BCUT2D eigenvalue weighted by Crippen LogP contribution is 2.68. The minimum absolute atomic E-state index is 0.0408. The van der Waals surface area contributed by atoms with Gasteiger partial charge >= 0.3 is 5.97 Å². The Morgan fingerprint density at radius 1 is 1.10 bits per heavy atom. The van der Waals surface area contributed by atoms with E-state index in [0.717, 1.165) is 38.5 Å². The van der Waals surface area contributed by atoms with Gasteiger partial charge in [0.25, 0.3) is 0 Å². The maximum Gasteiger partial charge on any atom is 0.305 e. The second kappa shape index (κ2) is 7.05. The summed E-state index contributed by atoms with van der Waals surface area (Å²) in [5.74, 6) is 0.990. The van der Waals surface area contributed by atoms with Crippen molar-refractivity contribution in [2.24, 2.45) is 34.5 Å². The van der Waals surface area contributed by atoms with E-state index in [1.54, 1.807) is 0 Å². The van der Waals surface area contributed by atoms with Gasteiger partial charge in [-0.15, -0.1) is 0 Å². The Morgan fingerprint density at radius 3 is 2.48 bits per heavy atom. The van der Waals surface area contributed by atoms with Gasteiger partial charge < -0.3 is 14.9 Å². The minimum atomic E-state index is -1.32. The van der Waals surface area contributed by atoms with E-state index in [1.807, 2.05) is 6.92 Å². The van der Waals surface area contributed by atoms with Crippen LogP contribution in [0.1, 0.15) is 85.5 Å². The van der Waals surface area contributed by atoms with Crippen molar-refractivity contribution in [3.8, 4) is 0 Å². The molecule has 0 aromatic heterocycles. The van der Waals surface area contributed by atoms with Gasteiger partial charge in [-0.1, -0.05) is 20.8 Å². The molecule has 4 rings (SSSR count). The van der Waals surface area contributed by atoms with E-state index >= 15 is 0 Å². The lowest BCUT2D eigenvalue weighted by Crippen LogP contribution is -2.63. The Kier molecular flexibility index (Phi) is 5.18. The van der Waals surface area contributed by atoms with Gasteiger partial charge in [-0.05, 0) is 81.5 Å². The number of Topliss-reactive ketones (excluding diaryl/α,β-unsaturated/α-hetero) is 1. The van der Waals surface area contributed by atoms with Crippen molar-refractivity contribution in [2.45, 2.75) is 103 Å². The molecular weight excluding hydrogens is 368 g/mol. The third-order valence-corrected chi connectivity index (χ3v) is 9.85. The molecule has 0 saturated heterocycles. The molecule has 0 spiro atoms. The summed E-state index contributed by atoms with van der Waals surface area (Å²) in [5.41, 5.74) is -1.82. The Morgan fingerprint density at radius 2 is 1.83 bits per heavy atom. The van der Waals surface area contributed by atoms with Crippen molar-refractivity contribution in [3.05, 3.63) is 0 Å². The molecule has 164 valence electrons. The predicted octanol–water partition coefficient (Wildman–Crippen LogP) is 3.64. The van der Waals surface area contributed by atoms with Crippen molar-refractivity contribution in [2.75, 3.05) is 0 Å². The molecular formula is C24H38O5. The summed E-state index contributed by atoms with van der Waals surface area (Å²) >= 11 is 0. The molecule has 2 N–H and O–H groups in total. The van der Waals surface area contributed by atoms with E-state index in [1.165, 1.54) is 6.92 Å². The fourth-order valence-corrected chi connectivity index (χ4v) is 8.27. The lowest BCUT2D eigenvalue weighted by atomic mass is 9.43. The first-order valence-corrected chi connectivity index (χ1v) is 11.7. The molecule has 9 atom stereocenters. The highest BCUT2D eigenvalue weighted by Gasteiger charge is 2.69. The van der Waals surface area contributed by atoms with E-state index in [2.05, 4.69) is 13.8 Å². The molecule has 0 aliphatic heterocycles. The number of carbonyl (C=O) groups excluding carboxylic acids is 2. The largest absolute Gasteiger partial charge is 0.462 e. The smallest absolute Gasteiger partial charge is 0.305 e. The van der Waals surface area contributed by atoms with Crippen LogP contribution in [-0.2, 0) is 14.3 Å². The quantitative estimate of drug-likeness (QED) is 0.699. The van der Waals surface area contributed by atoms with Gasteiger partial charge in [0.2, 0.25) is 0 Å². The van der Waals surface area contributed by atoms with Crippen molar-refractivity contribution >= 4 is 11.8 Å². The van der Waals surface area contributed by atoms with Crippen LogP contribution in [0.3, 0.4) is 0 Å². The Bertz CT molecular complexity index is 691. The van der Waals surface area contributed by atoms with E-state index in [0.29, 0.717) is 31.1 Å². The number of carbonyl (C=O) groups is 2. The zero-order chi connectivity index (χ0) is 21.2. The fourth-order valence-electron chi connectivity index (χ4n) is 8.27. The summed E-state index contributed by atoms with van der Waals surface area (Å²) in [6, 6.07) is 0. The minimum Gasteiger partial charge on any atom is -0.462 e.